The number of nitrogens with one attached hydrogen (secondary N) is 1. The first-order valence-corrected chi connectivity index (χ1v) is 11.6. The molecule has 1 aromatic heterocycles. The summed E-state index contributed by atoms with van der Waals surface area (Å²) in [6.45, 7) is 5.22. The minimum Gasteiger partial charge on any atom is -0.494 e. The molecule has 0 radical (unpaired) electrons. The number of carbonyl (C=O) groups excluding carboxylic acids is 1. The Morgan fingerprint density at radius 3 is 2.53 bits per heavy atom. The van der Waals surface area contributed by atoms with Gasteiger partial charge in [0.2, 0.25) is 0 Å². The molecular weight excluding hydrogens is 443 g/mol. The molecule has 3 aromatic rings. The van der Waals surface area contributed by atoms with Crippen molar-refractivity contribution in [3.05, 3.63) is 45.9 Å². The number of benzene rings is 2. The number of aromatic nitrogens is 1. The van der Waals surface area contributed by atoms with E-state index in [0.29, 0.717) is 39.7 Å². The van der Waals surface area contributed by atoms with E-state index in [1.165, 1.54) is 17.8 Å². The topological polar surface area (TPSA) is 60.5 Å². The third kappa shape index (κ3) is 5.78. The molecule has 0 aliphatic rings. The van der Waals surface area contributed by atoms with Crippen LogP contribution < -0.4 is 14.8 Å². The normalized spacial score (nSPS) is 10.9. The number of halogens is 2. The highest BCUT2D eigenvalue weighted by Gasteiger charge is 2.16. The zero-order chi connectivity index (χ0) is 21.5. The lowest BCUT2D eigenvalue weighted by Crippen LogP contribution is -2.12. The van der Waals surface area contributed by atoms with Gasteiger partial charge < -0.3 is 9.47 Å². The van der Waals surface area contributed by atoms with Crippen LogP contribution in [0.2, 0.25) is 10.0 Å². The second-order valence-electron chi connectivity index (χ2n) is 6.71. The Balaban J connectivity index is 1.68. The van der Waals surface area contributed by atoms with Crippen LogP contribution in [0.15, 0.2) is 30.3 Å². The van der Waals surface area contributed by atoms with Gasteiger partial charge in [0.05, 0.1) is 33.5 Å². The monoisotopic (exact) mass is 466 g/mol. The Kier molecular flexibility index (Phi) is 8.19. The molecule has 0 atom stereocenters. The number of nitrogens with zero attached hydrogens (tertiary/aromatic N) is 1. The molecule has 0 aliphatic heterocycles. The molecule has 160 valence electrons. The molecule has 0 saturated heterocycles. The standard InChI is InChI=1S/C22H24Cl2N2O3S/c1-3-5-6-7-10-29-20-16(23)11-14(12-17(20)24)21(27)26-22-25-18-9-8-15(28-4-2)13-19(18)30-22/h8-9,11-13H,3-7,10H2,1-2H3,(H,25,26,27). The van der Waals surface area contributed by atoms with Crippen molar-refractivity contribution in [2.45, 2.75) is 39.5 Å². The van der Waals surface area contributed by atoms with Gasteiger partial charge in [0, 0.05) is 5.56 Å². The summed E-state index contributed by atoms with van der Waals surface area (Å²) in [6.07, 6.45) is 4.36. The fourth-order valence-electron chi connectivity index (χ4n) is 2.92. The van der Waals surface area contributed by atoms with Gasteiger partial charge in [-0.25, -0.2) is 4.98 Å². The molecule has 1 amide bonds. The molecule has 0 spiro atoms. The summed E-state index contributed by atoms with van der Waals surface area (Å²) in [6, 6.07) is 8.76. The van der Waals surface area contributed by atoms with Crippen LogP contribution in [0.25, 0.3) is 10.2 Å². The van der Waals surface area contributed by atoms with Gasteiger partial charge >= 0.3 is 0 Å². The van der Waals surface area contributed by atoms with E-state index in [0.717, 1.165) is 35.2 Å². The molecule has 0 aliphatic carbocycles. The highest BCUT2D eigenvalue weighted by atomic mass is 35.5. The van der Waals surface area contributed by atoms with E-state index in [1.807, 2.05) is 25.1 Å². The summed E-state index contributed by atoms with van der Waals surface area (Å²) in [5, 5.41) is 3.93. The lowest BCUT2D eigenvalue weighted by atomic mass is 10.2. The number of unbranched alkanes of at least 4 members (excludes halogenated alkanes) is 3. The zero-order valence-corrected chi connectivity index (χ0v) is 19.3. The number of hydrogen-bond acceptors (Lipinski definition) is 5. The Bertz CT molecular complexity index is 1000. The number of fused-ring (bicyclic) bond motifs is 1. The van der Waals surface area contributed by atoms with Crippen molar-refractivity contribution in [2.24, 2.45) is 0 Å². The SMILES string of the molecule is CCCCCCOc1c(Cl)cc(C(=O)Nc2nc3ccc(OCC)cc3s2)cc1Cl. The van der Waals surface area contributed by atoms with E-state index in [1.54, 1.807) is 12.1 Å². The fourth-order valence-corrected chi connectivity index (χ4v) is 4.40. The van der Waals surface area contributed by atoms with E-state index in [9.17, 15) is 4.79 Å². The summed E-state index contributed by atoms with van der Waals surface area (Å²) in [5.74, 6) is 0.850. The van der Waals surface area contributed by atoms with Crippen LogP contribution in [0.1, 0.15) is 49.9 Å². The van der Waals surface area contributed by atoms with Crippen molar-refractivity contribution in [3.63, 3.8) is 0 Å². The van der Waals surface area contributed by atoms with Crippen LogP contribution in [0.4, 0.5) is 5.13 Å². The maximum absolute atomic E-state index is 12.7. The number of carbonyl (C=O) groups is 1. The smallest absolute Gasteiger partial charge is 0.257 e. The maximum atomic E-state index is 12.7. The van der Waals surface area contributed by atoms with Gasteiger partial charge in [0.25, 0.3) is 5.91 Å². The number of hydrogen-bond donors (Lipinski definition) is 1. The van der Waals surface area contributed by atoms with Crippen LogP contribution in [0, 0.1) is 0 Å². The second-order valence-corrected chi connectivity index (χ2v) is 8.56. The van der Waals surface area contributed by atoms with Gasteiger partial charge in [-0.1, -0.05) is 60.7 Å². The minimum absolute atomic E-state index is 0.314. The predicted molar refractivity (Wildman–Crippen MR) is 125 cm³/mol. The molecule has 0 unspecified atom stereocenters. The molecule has 0 saturated carbocycles. The number of anilines is 1. The lowest BCUT2D eigenvalue weighted by molar-refractivity contribution is 0.102. The first kappa shape index (κ1) is 22.7. The average Bonchev–Trinajstić information content (AvgIpc) is 3.11. The number of amides is 1. The quantitative estimate of drug-likeness (QED) is 0.320. The molecule has 0 fully saturated rings. The van der Waals surface area contributed by atoms with Crippen LogP contribution in [0.5, 0.6) is 11.5 Å². The minimum atomic E-state index is -0.336. The molecule has 30 heavy (non-hydrogen) atoms. The molecule has 0 bridgehead atoms. The van der Waals surface area contributed by atoms with E-state index < -0.39 is 0 Å². The van der Waals surface area contributed by atoms with Crippen molar-refractivity contribution >= 4 is 55.8 Å². The van der Waals surface area contributed by atoms with Gasteiger partial charge in [-0.15, -0.1) is 0 Å². The van der Waals surface area contributed by atoms with E-state index in [2.05, 4.69) is 17.2 Å². The maximum Gasteiger partial charge on any atom is 0.257 e. The van der Waals surface area contributed by atoms with Gasteiger partial charge in [-0.2, -0.15) is 0 Å². The first-order chi connectivity index (χ1) is 14.5. The summed E-state index contributed by atoms with van der Waals surface area (Å²) in [4.78, 5) is 17.1. The van der Waals surface area contributed by atoms with Crippen LogP contribution in [-0.2, 0) is 0 Å². The van der Waals surface area contributed by atoms with Crippen molar-refractivity contribution in [2.75, 3.05) is 18.5 Å². The summed E-state index contributed by atoms with van der Waals surface area (Å²) < 4.78 is 12.2. The van der Waals surface area contributed by atoms with Crippen molar-refractivity contribution in [1.82, 2.24) is 4.98 Å². The Hall–Kier alpha value is -2.02. The highest BCUT2D eigenvalue weighted by molar-refractivity contribution is 7.22. The number of thiazole rings is 1. The van der Waals surface area contributed by atoms with Crippen LogP contribution in [-0.4, -0.2) is 24.1 Å². The van der Waals surface area contributed by atoms with Crippen molar-refractivity contribution in [3.8, 4) is 11.5 Å². The fraction of sp³-hybridized carbons (Fsp3) is 0.364. The summed E-state index contributed by atoms with van der Waals surface area (Å²) in [7, 11) is 0. The average molecular weight is 467 g/mol. The van der Waals surface area contributed by atoms with Gasteiger partial charge in [-0.3, -0.25) is 10.1 Å². The highest BCUT2D eigenvalue weighted by Crippen LogP contribution is 2.35. The van der Waals surface area contributed by atoms with Gasteiger partial charge in [-0.05, 0) is 43.7 Å². The van der Waals surface area contributed by atoms with Gasteiger partial charge in [0.1, 0.15) is 5.75 Å². The Morgan fingerprint density at radius 1 is 1.07 bits per heavy atom. The predicted octanol–water partition coefficient (Wildman–Crippen LogP) is 7.21. The molecule has 1 heterocycles. The molecule has 3 rings (SSSR count). The Morgan fingerprint density at radius 2 is 1.83 bits per heavy atom. The third-order valence-electron chi connectivity index (χ3n) is 4.40. The molecule has 1 N–H and O–H groups in total. The second kappa shape index (κ2) is 10.8. The van der Waals surface area contributed by atoms with Crippen LogP contribution in [0.3, 0.4) is 0 Å². The summed E-state index contributed by atoms with van der Waals surface area (Å²) in [5.41, 5.74) is 1.14. The number of ether oxygens (including phenoxy) is 2. The lowest BCUT2D eigenvalue weighted by Gasteiger charge is -2.11. The van der Waals surface area contributed by atoms with E-state index in [-0.39, 0.29) is 5.91 Å². The van der Waals surface area contributed by atoms with Crippen LogP contribution >= 0.6 is 34.5 Å². The third-order valence-corrected chi connectivity index (χ3v) is 5.89. The largest absolute Gasteiger partial charge is 0.494 e. The molecule has 8 heteroatoms. The molecule has 5 nitrogen and oxygen atoms in total. The summed E-state index contributed by atoms with van der Waals surface area (Å²) >= 11 is 14.0. The van der Waals surface area contributed by atoms with E-state index >= 15 is 0 Å². The van der Waals surface area contributed by atoms with Crippen molar-refractivity contribution in [1.29, 1.82) is 0 Å². The molecular formula is C22H24Cl2N2O3S. The first-order valence-electron chi connectivity index (χ1n) is 9.98. The molecule has 2 aromatic carbocycles. The number of rotatable bonds is 10. The zero-order valence-electron chi connectivity index (χ0n) is 17.0. The van der Waals surface area contributed by atoms with E-state index in [4.69, 9.17) is 32.7 Å². The van der Waals surface area contributed by atoms with Gasteiger partial charge in [0.15, 0.2) is 10.9 Å². The van der Waals surface area contributed by atoms with Crippen molar-refractivity contribution < 1.29 is 14.3 Å². The Labute approximate surface area is 190 Å².